The van der Waals surface area contributed by atoms with E-state index in [9.17, 15) is 13.5 Å². The molecule has 4 aromatic rings. The fraction of sp³-hybridized carbons (Fsp3) is 0.250. The maximum absolute atomic E-state index is 12.7. The van der Waals surface area contributed by atoms with Crippen LogP contribution in [0.3, 0.4) is 0 Å². The van der Waals surface area contributed by atoms with Crippen molar-refractivity contribution >= 4 is 26.7 Å². The van der Waals surface area contributed by atoms with Gasteiger partial charge in [0.05, 0.1) is 5.75 Å². The Morgan fingerprint density at radius 3 is 2.74 bits per heavy atom. The summed E-state index contributed by atoms with van der Waals surface area (Å²) in [7, 11) is -3.51. The van der Waals surface area contributed by atoms with Crippen LogP contribution in [-0.4, -0.2) is 56.0 Å². The molecule has 0 radical (unpaired) electrons. The second kappa shape index (κ2) is 7.58. The number of rotatable bonds is 4. The molecule has 1 aliphatic rings. The summed E-state index contributed by atoms with van der Waals surface area (Å²) in [6.45, 7) is 0.322. The van der Waals surface area contributed by atoms with E-state index in [0.29, 0.717) is 30.6 Å². The molecule has 10 nitrogen and oxygen atoms in total. The zero-order chi connectivity index (χ0) is 21.4. The number of pyridine rings is 3. The van der Waals surface area contributed by atoms with Gasteiger partial charge in [0.15, 0.2) is 17.3 Å². The normalized spacial score (nSPS) is 15.9. The quantitative estimate of drug-likeness (QED) is 0.495. The summed E-state index contributed by atoms with van der Waals surface area (Å²) < 4.78 is 26.7. The van der Waals surface area contributed by atoms with Gasteiger partial charge in [-0.05, 0) is 37.1 Å². The average molecular weight is 437 g/mol. The van der Waals surface area contributed by atoms with Crippen molar-refractivity contribution in [3.8, 4) is 17.3 Å². The Bertz CT molecular complexity index is 1360. The molecule has 31 heavy (non-hydrogen) atoms. The second-order valence-corrected chi connectivity index (χ2v) is 9.24. The first-order chi connectivity index (χ1) is 15.0. The molecule has 1 saturated heterocycles. The summed E-state index contributed by atoms with van der Waals surface area (Å²) in [5, 5.41) is 18.3. The number of aromatic amines is 1. The smallest absolute Gasteiger partial charge is 0.236 e. The third-order valence-electron chi connectivity index (χ3n) is 5.12. The Morgan fingerprint density at radius 1 is 1.06 bits per heavy atom. The Balaban J connectivity index is 1.62. The fourth-order valence-electron chi connectivity index (χ4n) is 3.63. The van der Waals surface area contributed by atoms with Gasteiger partial charge in [-0.3, -0.25) is 19.4 Å². The van der Waals surface area contributed by atoms with Gasteiger partial charge in [0.1, 0.15) is 11.3 Å². The van der Waals surface area contributed by atoms with Gasteiger partial charge in [-0.25, -0.2) is 18.4 Å². The third kappa shape index (κ3) is 3.56. The fourth-order valence-corrected chi connectivity index (χ4v) is 5.23. The lowest BCUT2D eigenvalue weighted by molar-refractivity contribution is 0.479. The summed E-state index contributed by atoms with van der Waals surface area (Å²) in [6.07, 6.45) is 4.99. The van der Waals surface area contributed by atoms with Crippen LogP contribution in [0.15, 0.2) is 42.7 Å². The maximum Gasteiger partial charge on any atom is 0.236 e. The van der Waals surface area contributed by atoms with Crippen molar-refractivity contribution in [1.29, 1.82) is 0 Å². The molecule has 1 fully saturated rings. The molecule has 0 bridgehead atoms. The third-order valence-corrected chi connectivity index (χ3v) is 6.95. The van der Waals surface area contributed by atoms with E-state index in [1.807, 2.05) is 18.2 Å². The zero-order valence-corrected chi connectivity index (χ0v) is 17.2. The van der Waals surface area contributed by atoms with Gasteiger partial charge in [0.25, 0.3) is 0 Å². The van der Waals surface area contributed by atoms with Crippen LogP contribution in [0.5, 0.6) is 5.75 Å². The van der Waals surface area contributed by atoms with Crippen LogP contribution in [0.25, 0.3) is 22.4 Å². The molecule has 0 atom stereocenters. The largest absolute Gasteiger partial charge is 0.504 e. The van der Waals surface area contributed by atoms with Gasteiger partial charge in [-0.2, -0.15) is 5.10 Å². The van der Waals surface area contributed by atoms with E-state index in [0.717, 1.165) is 12.1 Å². The monoisotopic (exact) mass is 437 g/mol. The molecule has 0 saturated carbocycles. The van der Waals surface area contributed by atoms with Gasteiger partial charge in [0, 0.05) is 36.4 Å². The number of H-pyrrole nitrogens is 1. The molecule has 158 valence electrons. The lowest BCUT2D eigenvalue weighted by Gasteiger charge is -2.28. The Hall–Kier alpha value is -3.60. The topological polar surface area (TPSA) is 138 Å². The number of nitrogens with zero attached hydrogens (tertiary/aromatic N) is 6. The summed E-state index contributed by atoms with van der Waals surface area (Å²) in [5.74, 6) is 0.792. The molecule has 5 heterocycles. The first-order valence-electron chi connectivity index (χ1n) is 9.82. The first kappa shape index (κ1) is 19.4. The highest BCUT2D eigenvalue weighted by Crippen LogP contribution is 2.38. The molecule has 11 heteroatoms. The van der Waals surface area contributed by atoms with Crippen LogP contribution >= 0.6 is 0 Å². The Morgan fingerprint density at radius 2 is 1.94 bits per heavy atom. The molecular formula is C20H19N7O3S. The van der Waals surface area contributed by atoms with Crippen LogP contribution in [0, 0.1) is 0 Å². The number of aromatic hydroxyl groups is 1. The molecule has 4 aromatic heterocycles. The Kier molecular flexibility index (Phi) is 4.74. The van der Waals surface area contributed by atoms with Crippen molar-refractivity contribution in [2.75, 3.05) is 16.6 Å². The second-order valence-electron chi connectivity index (χ2n) is 7.23. The van der Waals surface area contributed by atoms with E-state index in [1.165, 1.54) is 10.5 Å². The zero-order valence-electron chi connectivity index (χ0n) is 16.4. The van der Waals surface area contributed by atoms with Gasteiger partial charge in [0.2, 0.25) is 15.8 Å². The Labute approximate surface area is 178 Å². The summed E-state index contributed by atoms with van der Waals surface area (Å²) in [4.78, 5) is 17.5. The molecule has 2 N–H and O–H groups in total. The van der Waals surface area contributed by atoms with E-state index in [1.54, 1.807) is 18.3 Å². The predicted octanol–water partition coefficient (Wildman–Crippen LogP) is 2.04. The van der Waals surface area contributed by atoms with Crippen molar-refractivity contribution in [2.24, 2.45) is 0 Å². The molecule has 0 aliphatic carbocycles. The van der Waals surface area contributed by atoms with Gasteiger partial charge in [-0.15, -0.1) is 0 Å². The minimum Gasteiger partial charge on any atom is -0.504 e. The number of hydrogen-bond donors (Lipinski definition) is 2. The SMILES string of the molecule is O=S1(=O)CCCCN1c1nc(-c2n[nH]c(Cc3ccccn3)n2)c(O)c2ncccc12. The van der Waals surface area contributed by atoms with Gasteiger partial charge in [-0.1, -0.05) is 6.07 Å². The van der Waals surface area contributed by atoms with Crippen molar-refractivity contribution < 1.29 is 13.5 Å². The van der Waals surface area contributed by atoms with Crippen molar-refractivity contribution in [2.45, 2.75) is 19.3 Å². The van der Waals surface area contributed by atoms with E-state index in [4.69, 9.17) is 0 Å². The molecule has 0 amide bonds. The van der Waals surface area contributed by atoms with Crippen LogP contribution < -0.4 is 4.31 Å². The van der Waals surface area contributed by atoms with E-state index in [2.05, 4.69) is 30.1 Å². The summed E-state index contributed by atoms with van der Waals surface area (Å²) in [5.41, 5.74) is 1.13. The van der Waals surface area contributed by atoms with Gasteiger partial charge < -0.3 is 5.11 Å². The van der Waals surface area contributed by atoms with Crippen LogP contribution in [-0.2, 0) is 16.4 Å². The lowest BCUT2D eigenvalue weighted by atomic mass is 10.2. The van der Waals surface area contributed by atoms with Gasteiger partial charge >= 0.3 is 0 Å². The number of anilines is 1. The molecule has 1 aliphatic heterocycles. The number of sulfonamides is 1. The number of aromatic nitrogens is 6. The van der Waals surface area contributed by atoms with E-state index >= 15 is 0 Å². The standard InChI is InChI=1S/C20H19N7O3S/c28-18-16-14(7-5-9-22-16)20(27-10-3-4-11-31(27,29)30)24-17(18)19-23-15(25-26-19)12-13-6-1-2-8-21-13/h1-2,5-9,28H,3-4,10-12H2,(H,23,25,26). The highest BCUT2D eigenvalue weighted by atomic mass is 32.2. The van der Waals surface area contributed by atoms with Crippen LogP contribution in [0.2, 0.25) is 0 Å². The molecule has 5 rings (SSSR count). The minimum absolute atomic E-state index is 0.0571. The number of hydrogen-bond acceptors (Lipinski definition) is 8. The predicted molar refractivity (Wildman–Crippen MR) is 114 cm³/mol. The van der Waals surface area contributed by atoms with E-state index < -0.39 is 10.0 Å². The average Bonchev–Trinajstić information content (AvgIpc) is 3.23. The van der Waals surface area contributed by atoms with Crippen LogP contribution in [0.4, 0.5) is 5.82 Å². The number of fused-ring (bicyclic) bond motifs is 1. The summed E-state index contributed by atoms with van der Waals surface area (Å²) >= 11 is 0. The van der Waals surface area contributed by atoms with Crippen LogP contribution in [0.1, 0.15) is 24.4 Å². The highest BCUT2D eigenvalue weighted by Gasteiger charge is 2.31. The van der Waals surface area contributed by atoms with E-state index in [-0.39, 0.29) is 34.4 Å². The van der Waals surface area contributed by atoms with Crippen molar-refractivity contribution in [3.05, 3.63) is 54.2 Å². The molecular weight excluding hydrogens is 418 g/mol. The summed E-state index contributed by atoms with van der Waals surface area (Å²) in [6, 6.07) is 8.96. The van der Waals surface area contributed by atoms with Crippen molar-refractivity contribution in [3.63, 3.8) is 0 Å². The first-order valence-corrected chi connectivity index (χ1v) is 11.4. The lowest BCUT2D eigenvalue weighted by Crippen LogP contribution is -2.38. The molecule has 0 unspecified atom stereocenters. The minimum atomic E-state index is -3.51. The maximum atomic E-state index is 12.7. The molecule has 0 spiro atoms. The van der Waals surface area contributed by atoms with Crippen molar-refractivity contribution in [1.82, 2.24) is 30.1 Å². The number of nitrogens with one attached hydrogen (secondary N) is 1. The highest BCUT2D eigenvalue weighted by molar-refractivity contribution is 7.92. The molecule has 0 aromatic carbocycles.